The van der Waals surface area contributed by atoms with Crippen LogP contribution < -0.4 is 5.32 Å². The van der Waals surface area contributed by atoms with Crippen molar-refractivity contribution < 1.29 is 0 Å². The van der Waals surface area contributed by atoms with Gasteiger partial charge in [0.25, 0.3) is 0 Å². The van der Waals surface area contributed by atoms with Crippen LogP contribution in [0.15, 0.2) is 85.1 Å². The Bertz CT molecular complexity index is 1770. The standard InChI is InChI=1S/C30H23N5/c1-19-9-11-21(12-10-19)16-24-20(2)25(18-31)30-34-27-7-3-4-8-28(27)35(30)29(24)33-23-13-14-26-22(17-23)6-5-15-32-26/h3-15,17,33H,16H2,1-2H3. The van der Waals surface area contributed by atoms with Crippen molar-refractivity contribution in [1.29, 1.82) is 5.26 Å². The van der Waals surface area contributed by atoms with Crippen LogP contribution in [0.1, 0.15) is 27.8 Å². The number of hydrogen-bond donors (Lipinski definition) is 1. The normalized spacial score (nSPS) is 11.2. The Labute approximate surface area is 203 Å². The average molecular weight is 454 g/mol. The number of nitrogens with zero attached hydrogens (tertiary/aromatic N) is 4. The van der Waals surface area contributed by atoms with Gasteiger partial charge in [-0.05, 0) is 61.4 Å². The third kappa shape index (κ3) is 3.56. The molecule has 6 rings (SSSR count). The van der Waals surface area contributed by atoms with Gasteiger partial charge in [-0.2, -0.15) is 5.26 Å². The Kier molecular flexibility index (Phi) is 4.93. The van der Waals surface area contributed by atoms with Gasteiger partial charge in [0.05, 0.1) is 22.1 Å². The lowest BCUT2D eigenvalue weighted by molar-refractivity contribution is 1.08. The Balaban J connectivity index is 1.63. The van der Waals surface area contributed by atoms with E-state index in [0.717, 1.165) is 44.6 Å². The second-order valence-corrected chi connectivity index (χ2v) is 8.90. The molecule has 0 saturated carbocycles. The van der Waals surface area contributed by atoms with Gasteiger partial charge < -0.3 is 5.32 Å². The molecule has 168 valence electrons. The highest BCUT2D eigenvalue weighted by Gasteiger charge is 2.21. The topological polar surface area (TPSA) is 66.0 Å². The molecule has 3 heterocycles. The molecular weight excluding hydrogens is 430 g/mol. The molecule has 0 aliphatic heterocycles. The SMILES string of the molecule is Cc1ccc(Cc2c(C)c(C#N)c3nc4ccccc4n3c2Nc2ccc3ncccc3c2)cc1. The predicted octanol–water partition coefficient (Wildman–Crippen LogP) is 6.86. The summed E-state index contributed by atoms with van der Waals surface area (Å²) in [7, 11) is 0. The number of nitrogens with one attached hydrogen (secondary N) is 1. The summed E-state index contributed by atoms with van der Waals surface area (Å²) in [6.45, 7) is 4.12. The lowest BCUT2D eigenvalue weighted by Crippen LogP contribution is -2.09. The van der Waals surface area contributed by atoms with Gasteiger partial charge in [0.2, 0.25) is 0 Å². The van der Waals surface area contributed by atoms with E-state index in [-0.39, 0.29) is 0 Å². The van der Waals surface area contributed by atoms with E-state index in [1.807, 2.05) is 43.3 Å². The van der Waals surface area contributed by atoms with Crippen molar-refractivity contribution in [2.45, 2.75) is 20.3 Å². The molecule has 0 fully saturated rings. The van der Waals surface area contributed by atoms with Crippen LogP contribution in [0.3, 0.4) is 0 Å². The second-order valence-electron chi connectivity index (χ2n) is 8.90. The molecule has 0 aliphatic carbocycles. The summed E-state index contributed by atoms with van der Waals surface area (Å²) in [5, 5.41) is 14.9. The highest BCUT2D eigenvalue weighted by molar-refractivity contribution is 5.88. The fraction of sp³-hybridized carbons (Fsp3) is 0.100. The lowest BCUT2D eigenvalue weighted by atomic mass is 9.97. The van der Waals surface area contributed by atoms with Crippen molar-refractivity contribution in [3.05, 3.63) is 113 Å². The van der Waals surface area contributed by atoms with Crippen LogP contribution in [0.5, 0.6) is 0 Å². The maximum absolute atomic E-state index is 10.1. The Morgan fingerprint density at radius 1 is 0.914 bits per heavy atom. The highest BCUT2D eigenvalue weighted by atomic mass is 15.1. The number of benzene rings is 3. The van der Waals surface area contributed by atoms with Crippen LogP contribution >= 0.6 is 0 Å². The largest absolute Gasteiger partial charge is 0.341 e. The second kappa shape index (κ2) is 8.27. The third-order valence-electron chi connectivity index (χ3n) is 6.60. The number of aromatic nitrogens is 3. The van der Waals surface area contributed by atoms with Gasteiger partial charge >= 0.3 is 0 Å². The van der Waals surface area contributed by atoms with Crippen LogP contribution in [-0.2, 0) is 6.42 Å². The van der Waals surface area contributed by atoms with E-state index in [1.54, 1.807) is 6.20 Å². The molecule has 35 heavy (non-hydrogen) atoms. The molecule has 5 nitrogen and oxygen atoms in total. The summed E-state index contributed by atoms with van der Waals surface area (Å²) in [4.78, 5) is 9.30. The molecule has 3 aromatic carbocycles. The average Bonchev–Trinajstić information content (AvgIpc) is 3.26. The number of para-hydroxylation sites is 2. The zero-order valence-corrected chi connectivity index (χ0v) is 19.6. The highest BCUT2D eigenvalue weighted by Crippen LogP contribution is 2.34. The number of nitriles is 1. The first-order valence-corrected chi connectivity index (χ1v) is 11.6. The molecular formula is C30H23N5. The molecule has 5 heteroatoms. The number of anilines is 2. The van der Waals surface area contributed by atoms with Gasteiger partial charge in [0.15, 0.2) is 5.65 Å². The summed E-state index contributed by atoms with van der Waals surface area (Å²) < 4.78 is 2.10. The smallest absolute Gasteiger partial charge is 0.157 e. The van der Waals surface area contributed by atoms with Crippen molar-refractivity contribution in [3.63, 3.8) is 0 Å². The summed E-state index contributed by atoms with van der Waals surface area (Å²) in [6, 6.07) is 29.2. The van der Waals surface area contributed by atoms with Crippen molar-refractivity contribution in [2.75, 3.05) is 5.32 Å². The molecule has 0 radical (unpaired) electrons. The molecule has 0 spiro atoms. The lowest BCUT2D eigenvalue weighted by Gasteiger charge is -2.19. The van der Waals surface area contributed by atoms with Crippen LogP contribution in [0.2, 0.25) is 0 Å². The number of hydrogen-bond acceptors (Lipinski definition) is 4. The molecule has 6 aromatic rings. The third-order valence-corrected chi connectivity index (χ3v) is 6.60. The fourth-order valence-corrected chi connectivity index (χ4v) is 4.73. The minimum atomic E-state index is 0.608. The van der Waals surface area contributed by atoms with Gasteiger partial charge in [0, 0.05) is 29.3 Å². The molecule has 0 amide bonds. The monoisotopic (exact) mass is 453 g/mol. The number of aryl methyl sites for hydroxylation is 1. The molecule has 0 saturated heterocycles. The maximum Gasteiger partial charge on any atom is 0.157 e. The predicted molar refractivity (Wildman–Crippen MR) is 141 cm³/mol. The van der Waals surface area contributed by atoms with Gasteiger partial charge in [-0.15, -0.1) is 0 Å². The quantitative estimate of drug-likeness (QED) is 0.317. The van der Waals surface area contributed by atoms with E-state index < -0.39 is 0 Å². The molecule has 3 aromatic heterocycles. The van der Waals surface area contributed by atoms with Gasteiger partial charge in [-0.1, -0.05) is 48.0 Å². The number of pyridine rings is 2. The molecule has 0 bridgehead atoms. The zero-order chi connectivity index (χ0) is 23.9. The van der Waals surface area contributed by atoms with Gasteiger partial charge in [-0.25, -0.2) is 4.98 Å². The van der Waals surface area contributed by atoms with Gasteiger partial charge in [0.1, 0.15) is 11.9 Å². The van der Waals surface area contributed by atoms with Gasteiger partial charge in [-0.3, -0.25) is 9.38 Å². The summed E-state index contributed by atoms with van der Waals surface area (Å²) >= 11 is 0. The van der Waals surface area contributed by atoms with Crippen molar-refractivity contribution in [1.82, 2.24) is 14.4 Å². The summed E-state index contributed by atoms with van der Waals surface area (Å²) in [5.74, 6) is 0.925. The fourth-order valence-electron chi connectivity index (χ4n) is 4.73. The Morgan fingerprint density at radius 2 is 1.74 bits per heavy atom. The molecule has 0 atom stereocenters. The van der Waals surface area contributed by atoms with Crippen molar-refractivity contribution in [3.8, 4) is 6.07 Å². The zero-order valence-electron chi connectivity index (χ0n) is 19.6. The van der Waals surface area contributed by atoms with Crippen LogP contribution in [0.4, 0.5) is 11.5 Å². The van der Waals surface area contributed by atoms with E-state index in [2.05, 4.69) is 70.2 Å². The minimum Gasteiger partial charge on any atom is -0.341 e. The minimum absolute atomic E-state index is 0.608. The Morgan fingerprint density at radius 3 is 2.57 bits per heavy atom. The summed E-state index contributed by atoms with van der Waals surface area (Å²) in [5.41, 5.74) is 9.45. The molecule has 0 aliphatic rings. The van der Waals surface area contributed by atoms with Crippen LogP contribution in [0, 0.1) is 25.2 Å². The van der Waals surface area contributed by atoms with Crippen molar-refractivity contribution in [2.24, 2.45) is 0 Å². The number of imidazole rings is 1. The molecule has 1 N–H and O–H groups in total. The van der Waals surface area contributed by atoms with E-state index in [1.165, 1.54) is 11.1 Å². The van der Waals surface area contributed by atoms with Crippen LogP contribution in [0.25, 0.3) is 27.6 Å². The first kappa shape index (κ1) is 20.9. The summed E-state index contributed by atoms with van der Waals surface area (Å²) in [6.07, 6.45) is 2.50. The number of rotatable bonds is 4. The van der Waals surface area contributed by atoms with E-state index in [4.69, 9.17) is 4.98 Å². The maximum atomic E-state index is 10.1. The van der Waals surface area contributed by atoms with E-state index >= 15 is 0 Å². The van der Waals surface area contributed by atoms with E-state index in [0.29, 0.717) is 17.6 Å². The molecule has 0 unspecified atom stereocenters. The van der Waals surface area contributed by atoms with E-state index in [9.17, 15) is 5.26 Å². The van der Waals surface area contributed by atoms with Crippen molar-refractivity contribution >= 4 is 39.1 Å². The number of fused-ring (bicyclic) bond motifs is 4. The first-order valence-electron chi connectivity index (χ1n) is 11.6. The Hall–Kier alpha value is -4.69. The first-order chi connectivity index (χ1) is 17.1. The van der Waals surface area contributed by atoms with Crippen LogP contribution in [-0.4, -0.2) is 14.4 Å².